The molecule has 0 amide bonds. The SMILES string of the molecule is CC1(C(NN)c2cnccc2N)CCCO1. The summed E-state index contributed by atoms with van der Waals surface area (Å²) in [6.07, 6.45) is 5.43. The summed E-state index contributed by atoms with van der Waals surface area (Å²) in [6, 6.07) is 1.65. The molecule has 0 bridgehead atoms. The number of hydrazine groups is 1. The Morgan fingerprint density at radius 3 is 3.00 bits per heavy atom. The van der Waals surface area contributed by atoms with Gasteiger partial charge in [-0.05, 0) is 25.8 Å². The Morgan fingerprint density at radius 2 is 2.44 bits per heavy atom. The van der Waals surface area contributed by atoms with Crippen molar-refractivity contribution in [3.8, 4) is 0 Å². The molecule has 1 aromatic heterocycles. The van der Waals surface area contributed by atoms with Crippen LogP contribution in [0.1, 0.15) is 31.4 Å². The first-order valence-corrected chi connectivity index (χ1v) is 5.47. The van der Waals surface area contributed by atoms with Crippen LogP contribution in [0.3, 0.4) is 0 Å². The number of nitrogen functional groups attached to an aromatic ring is 1. The van der Waals surface area contributed by atoms with Crippen molar-refractivity contribution < 1.29 is 4.74 Å². The number of rotatable bonds is 3. The van der Waals surface area contributed by atoms with Crippen LogP contribution in [-0.2, 0) is 4.74 Å². The molecule has 0 saturated carbocycles. The fraction of sp³-hybridized carbons (Fsp3) is 0.545. The third kappa shape index (κ3) is 1.89. The van der Waals surface area contributed by atoms with Gasteiger partial charge in [-0.2, -0.15) is 0 Å². The van der Waals surface area contributed by atoms with Crippen LogP contribution in [0.4, 0.5) is 5.69 Å². The first kappa shape index (κ1) is 11.3. The number of pyridine rings is 1. The average molecular weight is 222 g/mol. The number of nitrogens with zero attached hydrogens (tertiary/aromatic N) is 1. The number of aromatic nitrogens is 1. The van der Waals surface area contributed by atoms with E-state index < -0.39 is 0 Å². The minimum Gasteiger partial charge on any atom is -0.398 e. The first-order chi connectivity index (χ1) is 7.67. The van der Waals surface area contributed by atoms with Crippen LogP contribution in [-0.4, -0.2) is 17.2 Å². The minimum atomic E-state index is -0.300. The lowest BCUT2D eigenvalue weighted by Crippen LogP contribution is -2.44. The molecule has 0 aliphatic carbocycles. The van der Waals surface area contributed by atoms with E-state index in [0.29, 0.717) is 5.69 Å². The third-order valence-electron chi connectivity index (χ3n) is 3.22. The second kappa shape index (κ2) is 4.37. The minimum absolute atomic E-state index is 0.122. The molecule has 5 heteroatoms. The summed E-state index contributed by atoms with van der Waals surface area (Å²) in [4.78, 5) is 4.09. The van der Waals surface area contributed by atoms with Crippen molar-refractivity contribution in [2.75, 3.05) is 12.3 Å². The van der Waals surface area contributed by atoms with Gasteiger partial charge in [-0.15, -0.1) is 0 Å². The van der Waals surface area contributed by atoms with Gasteiger partial charge in [-0.25, -0.2) is 5.43 Å². The van der Waals surface area contributed by atoms with Gasteiger partial charge < -0.3 is 10.5 Å². The molecular weight excluding hydrogens is 204 g/mol. The normalized spacial score (nSPS) is 26.9. The number of ether oxygens (including phenoxy) is 1. The Balaban J connectivity index is 2.32. The van der Waals surface area contributed by atoms with Crippen LogP contribution in [0.15, 0.2) is 18.5 Å². The van der Waals surface area contributed by atoms with E-state index in [2.05, 4.69) is 17.3 Å². The third-order valence-corrected chi connectivity index (χ3v) is 3.22. The van der Waals surface area contributed by atoms with E-state index in [1.807, 2.05) is 0 Å². The quantitative estimate of drug-likeness (QED) is 0.518. The standard InChI is InChI=1S/C11H18N4O/c1-11(4-2-6-16-11)10(15-13)8-7-14-5-3-9(8)12/h3,5,7,10,15H,2,4,6,13H2,1H3,(H2,12,14). The molecule has 1 fully saturated rings. The Morgan fingerprint density at radius 1 is 1.62 bits per heavy atom. The van der Waals surface area contributed by atoms with E-state index in [9.17, 15) is 0 Å². The summed E-state index contributed by atoms with van der Waals surface area (Å²) in [7, 11) is 0. The van der Waals surface area contributed by atoms with Crippen LogP contribution in [0, 0.1) is 0 Å². The van der Waals surface area contributed by atoms with Crippen molar-refractivity contribution in [3.63, 3.8) is 0 Å². The largest absolute Gasteiger partial charge is 0.398 e. The average Bonchev–Trinajstić information content (AvgIpc) is 2.70. The lowest BCUT2D eigenvalue weighted by Gasteiger charge is -2.33. The molecule has 1 saturated heterocycles. The van der Waals surface area contributed by atoms with Gasteiger partial charge in [0.2, 0.25) is 0 Å². The van der Waals surface area contributed by atoms with Gasteiger partial charge in [0.1, 0.15) is 0 Å². The van der Waals surface area contributed by atoms with E-state index in [0.717, 1.165) is 25.0 Å². The van der Waals surface area contributed by atoms with Gasteiger partial charge in [0, 0.05) is 30.3 Å². The maximum absolute atomic E-state index is 5.93. The maximum atomic E-state index is 5.93. The summed E-state index contributed by atoms with van der Waals surface area (Å²) in [5.41, 5.74) is 10.0. The lowest BCUT2D eigenvalue weighted by molar-refractivity contribution is -0.0124. The highest BCUT2D eigenvalue weighted by Gasteiger charge is 2.39. The predicted molar refractivity (Wildman–Crippen MR) is 62.3 cm³/mol. The number of nitrogens with one attached hydrogen (secondary N) is 1. The summed E-state index contributed by atoms with van der Waals surface area (Å²) < 4.78 is 5.78. The van der Waals surface area contributed by atoms with E-state index in [1.54, 1.807) is 18.5 Å². The Bertz CT molecular complexity index is 363. The number of hydrogen-bond donors (Lipinski definition) is 3. The van der Waals surface area contributed by atoms with Crippen molar-refractivity contribution in [2.45, 2.75) is 31.4 Å². The van der Waals surface area contributed by atoms with Crippen molar-refractivity contribution in [1.29, 1.82) is 0 Å². The number of anilines is 1. The van der Waals surface area contributed by atoms with Crippen LogP contribution in [0.25, 0.3) is 0 Å². The van der Waals surface area contributed by atoms with Gasteiger partial charge >= 0.3 is 0 Å². The summed E-state index contributed by atoms with van der Waals surface area (Å²) >= 11 is 0. The van der Waals surface area contributed by atoms with E-state index in [1.165, 1.54) is 0 Å². The highest BCUT2D eigenvalue weighted by Crippen LogP contribution is 2.38. The van der Waals surface area contributed by atoms with E-state index >= 15 is 0 Å². The second-order valence-corrected chi connectivity index (χ2v) is 4.37. The molecule has 2 atom stereocenters. The molecule has 1 aliphatic heterocycles. The van der Waals surface area contributed by atoms with Crippen LogP contribution in [0.2, 0.25) is 0 Å². The van der Waals surface area contributed by atoms with Gasteiger partial charge in [0.15, 0.2) is 0 Å². The Labute approximate surface area is 95.1 Å². The molecule has 2 unspecified atom stereocenters. The molecule has 0 aromatic carbocycles. The van der Waals surface area contributed by atoms with Crippen molar-refractivity contribution in [3.05, 3.63) is 24.0 Å². The van der Waals surface area contributed by atoms with E-state index in [-0.39, 0.29) is 11.6 Å². The zero-order valence-corrected chi connectivity index (χ0v) is 9.44. The summed E-state index contributed by atoms with van der Waals surface area (Å²) in [6.45, 7) is 2.83. The molecule has 16 heavy (non-hydrogen) atoms. The smallest absolute Gasteiger partial charge is 0.0863 e. The Kier molecular flexibility index (Phi) is 3.09. The van der Waals surface area contributed by atoms with E-state index in [4.69, 9.17) is 16.3 Å². The molecule has 1 aromatic rings. The molecule has 0 spiro atoms. The van der Waals surface area contributed by atoms with Crippen molar-refractivity contribution in [2.24, 2.45) is 5.84 Å². The van der Waals surface area contributed by atoms with Gasteiger partial charge in [0.25, 0.3) is 0 Å². The number of hydrogen-bond acceptors (Lipinski definition) is 5. The molecular formula is C11H18N4O. The van der Waals surface area contributed by atoms with Gasteiger partial charge in [-0.3, -0.25) is 10.8 Å². The van der Waals surface area contributed by atoms with Crippen LogP contribution >= 0.6 is 0 Å². The first-order valence-electron chi connectivity index (χ1n) is 5.47. The molecule has 88 valence electrons. The zero-order valence-electron chi connectivity index (χ0n) is 9.44. The fourth-order valence-corrected chi connectivity index (χ4v) is 2.28. The summed E-state index contributed by atoms with van der Waals surface area (Å²) in [5.74, 6) is 5.63. The second-order valence-electron chi connectivity index (χ2n) is 4.37. The molecule has 5 nitrogen and oxygen atoms in total. The molecule has 0 radical (unpaired) electrons. The maximum Gasteiger partial charge on any atom is 0.0863 e. The Hall–Kier alpha value is -1.17. The lowest BCUT2D eigenvalue weighted by atomic mass is 9.88. The number of nitrogens with two attached hydrogens (primary N) is 2. The zero-order chi connectivity index (χ0) is 11.6. The molecule has 5 N–H and O–H groups in total. The van der Waals surface area contributed by atoms with Crippen LogP contribution in [0.5, 0.6) is 0 Å². The monoisotopic (exact) mass is 222 g/mol. The summed E-state index contributed by atoms with van der Waals surface area (Å²) in [5, 5.41) is 0. The molecule has 2 heterocycles. The van der Waals surface area contributed by atoms with Crippen molar-refractivity contribution in [1.82, 2.24) is 10.4 Å². The molecule has 2 rings (SSSR count). The highest BCUT2D eigenvalue weighted by atomic mass is 16.5. The fourth-order valence-electron chi connectivity index (χ4n) is 2.28. The van der Waals surface area contributed by atoms with Gasteiger partial charge in [0.05, 0.1) is 11.6 Å². The highest BCUT2D eigenvalue weighted by molar-refractivity contribution is 5.47. The van der Waals surface area contributed by atoms with Crippen molar-refractivity contribution >= 4 is 5.69 Å². The molecule has 1 aliphatic rings. The topological polar surface area (TPSA) is 86.2 Å². The van der Waals surface area contributed by atoms with Crippen LogP contribution < -0.4 is 17.0 Å². The predicted octanol–water partition coefficient (Wildman–Crippen LogP) is 0.737. The van der Waals surface area contributed by atoms with Gasteiger partial charge in [-0.1, -0.05) is 0 Å².